The Morgan fingerprint density at radius 2 is 2.70 bits per heavy atom. The van der Waals surface area contributed by atoms with E-state index < -0.39 is 0 Å². The fourth-order valence-corrected chi connectivity index (χ4v) is 1.43. The van der Waals surface area contributed by atoms with Crippen molar-refractivity contribution < 1.29 is 5.11 Å². The van der Waals surface area contributed by atoms with Crippen molar-refractivity contribution in [2.45, 2.75) is 13.0 Å². The van der Waals surface area contributed by atoms with Crippen LogP contribution in [0.2, 0.25) is 0 Å². The third-order valence-electron chi connectivity index (χ3n) is 1.99. The van der Waals surface area contributed by atoms with Gasteiger partial charge in [-0.25, -0.2) is 0 Å². The summed E-state index contributed by atoms with van der Waals surface area (Å²) >= 11 is 0. The number of nitrogens with zero attached hydrogens (tertiary/aromatic N) is 2. The first kappa shape index (κ1) is 5.92. The lowest BCUT2D eigenvalue weighted by molar-refractivity contribution is 0.223. The molecule has 0 amide bonds. The fraction of sp³-hybridized carbons (Fsp3) is 0.571. The van der Waals surface area contributed by atoms with Crippen LogP contribution in [0.15, 0.2) is 12.3 Å². The number of aliphatic hydroxyl groups is 1. The highest BCUT2D eigenvalue weighted by Crippen LogP contribution is 2.17. The molecule has 1 N–H and O–H groups in total. The van der Waals surface area contributed by atoms with Crippen LogP contribution in [0.4, 0.5) is 0 Å². The minimum Gasteiger partial charge on any atom is -0.396 e. The molecule has 1 aromatic rings. The predicted octanol–water partition coefficient (Wildman–Crippen LogP) is 0.0477. The van der Waals surface area contributed by atoms with Crippen molar-refractivity contribution in [2.75, 3.05) is 6.61 Å². The molecule has 0 aliphatic carbocycles. The summed E-state index contributed by atoms with van der Waals surface area (Å²) in [6.45, 7) is 1.17. The number of fused-ring (bicyclic) bond motifs is 1. The maximum absolute atomic E-state index is 8.82. The zero-order valence-corrected chi connectivity index (χ0v) is 5.70. The van der Waals surface area contributed by atoms with Crippen LogP contribution in [0.5, 0.6) is 0 Å². The smallest absolute Gasteiger partial charge is 0.0492 e. The number of aromatic nitrogens is 2. The molecule has 1 aromatic heterocycles. The Balaban J connectivity index is 2.21. The molecule has 0 saturated carbocycles. The van der Waals surface area contributed by atoms with E-state index in [0.29, 0.717) is 5.92 Å². The van der Waals surface area contributed by atoms with Gasteiger partial charge in [0.25, 0.3) is 0 Å². The van der Waals surface area contributed by atoms with Gasteiger partial charge in [0.1, 0.15) is 0 Å². The molecule has 1 aliphatic heterocycles. The van der Waals surface area contributed by atoms with E-state index >= 15 is 0 Å². The molecular formula is C7H10N2O. The van der Waals surface area contributed by atoms with Crippen LogP contribution < -0.4 is 0 Å². The highest BCUT2D eigenvalue weighted by molar-refractivity contribution is 5.05. The lowest BCUT2D eigenvalue weighted by Gasteiger charge is -2.00. The molecule has 1 aliphatic rings. The molecule has 54 valence electrons. The van der Waals surface area contributed by atoms with Crippen molar-refractivity contribution >= 4 is 0 Å². The summed E-state index contributed by atoms with van der Waals surface area (Å²) < 4.78 is 1.96. The molecule has 1 atom stereocenters. The monoisotopic (exact) mass is 138 g/mol. The zero-order chi connectivity index (χ0) is 6.97. The number of hydrogen-bond acceptors (Lipinski definition) is 2. The van der Waals surface area contributed by atoms with E-state index in [9.17, 15) is 0 Å². The first-order chi connectivity index (χ1) is 4.90. The Labute approximate surface area is 59.3 Å². The lowest BCUT2D eigenvalue weighted by atomic mass is 10.1. The molecule has 0 saturated heterocycles. The van der Waals surface area contributed by atoms with Gasteiger partial charge in [-0.1, -0.05) is 0 Å². The predicted molar refractivity (Wildman–Crippen MR) is 36.5 cm³/mol. The highest BCUT2D eigenvalue weighted by atomic mass is 16.3. The van der Waals surface area contributed by atoms with Crippen LogP contribution in [-0.4, -0.2) is 21.5 Å². The van der Waals surface area contributed by atoms with Gasteiger partial charge in [-0.2, -0.15) is 5.10 Å². The summed E-state index contributed by atoms with van der Waals surface area (Å²) in [6.07, 6.45) is 2.79. The van der Waals surface area contributed by atoms with Gasteiger partial charge >= 0.3 is 0 Å². The average molecular weight is 138 g/mol. The topological polar surface area (TPSA) is 38.1 Å². The maximum Gasteiger partial charge on any atom is 0.0492 e. The highest BCUT2D eigenvalue weighted by Gasteiger charge is 2.19. The molecule has 2 heterocycles. The second-order valence-electron chi connectivity index (χ2n) is 2.76. The lowest BCUT2D eigenvalue weighted by Crippen LogP contribution is -2.07. The van der Waals surface area contributed by atoms with Crippen LogP contribution in [0.25, 0.3) is 0 Å². The standard InChI is InChI=1S/C7H10N2O/c10-5-6-3-7-1-2-8-9(7)4-6/h1-2,6,10H,3-5H2. The summed E-state index contributed by atoms with van der Waals surface area (Å²) in [6, 6.07) is 2.01. The Kier molecular flexibility index (Phi) is 1.24. The van der Waals surface area contributed by atoms with E-state index in [-0.39, 0.29) is 6.61 Å². The molecule has 1 unspecified atom stereocenters. The molecule has 3 nitrogen and oxygen atoms in total. The second-order valence-corrected chi connectivity index (χ2v) is 2.76. The van der Waals surface area contributed by atoms with Gasteiger partial charge in [0.2, 0.25) is 0 Å². The largest absolute Gasteiger partial charge is 0.396 e. The molecule has 3 heteroatoms. The first-order valence-corrected chi connectivity index (χ1v) is 3.51. The molecule has 0 spiro atoms. The van der Waals surface area contributed by atoms with Crippen LogP contribution in [0.1, 0.15) is 5.69 Å². The third-order valence-corrected chi connectivity index (χ3v) is 1.99. The summed E-state index contributed by atoms with van der Waals surface area (Å²) in [5, 5.41) is 12.9. The van der Waals surface area contributed by atoms with E-state index in [1.807, 2.05) is 16.9 Å². The molecule has 0 radical (unpaired) electrons. The average Bonchev–Trinajstić information content (AvgIpc) is 2.42. The molecule has 0 fully saturated rings. The SMILES string of the molecule is OCC1Cc2ccnn2C1. The van der Waals surface area contributed by atoms with E-state index in [4.69, 9.17) is 5.11 Å². The summed E-state index contributed by atoms with van der Waals surface area (Å²) in [5.74, 6) is 0.406. The molecule has 0 bridgehead atoms. The van der Waals surface area contributed by atoms with Gasteiger partial charge in [-0.05, 0) is 12.5 Å². The minimum atomic E-state index is 0.281. The number of rotatable bonds is 1. The summed E-state index contributed by atoms with van der Waals surface area (Å²) in [5.41, 5.74) is 1.25. The van der Waals surface area contributed by atoms with Crippen LogP contribution in [0.3, 0.4) is 0 Å². The van der Waals surface area contributed by atoms with E-state index in [0.717, 1.165) is 13.0 Å². The van der Waals surface area contributed by atoms with Crippen molar-refractivity contribution in [1.82, 2.24) is 9.78 Å². The van der Waals surface area contributed by atoms with Crippen molar-refractivity contribution in [3.63, 3.8) is 0 Å². The Morgan fingerprint density at radius 1 is 1.80 bits per heavy atom. The Morgan fingerprint density at radius 3 is 3.40 bits per heavy atom. The summed E-state index contributed by atoms with van der Waals surface area (Å²) in [7, 11) is 0. The Bertz CT molecular complexity index is 211. The van der Waals surface area contributed by atoms with Gasteiger partial charge in [0, 0.05) is 31.0 Å². The second kappa shape index (κ2) is 2.09. The molecular weight excluding hydrogens is 128 g/mol. The van der Waals surface area contributed by atoms with Gasteiger partial charge in [-0.15, -0.1) is 0 Å². The van der Waals surface area contributed by atoms with Gasteiger partial charge in [0.05, 0.1) is 0 Å². The third kappa shape index (κ3) is 0.743. The maximum atomic E-state index is 8.82. The van der Waals surface area contributed by atoms with Gasteiger partial charge in [-0.3, -0.25) is 4.68 Å². The molecule has 2 rings (SSSR count). The van der Waals surface area contributed by atoms with E-state index in [1.54, 1.807) is 0 Å². The van der Waals surface area contributed by atoms with Crippen molar-refractivity contribution in [2.24, 2.45) is 5.92 Å². The van der Waals surface area contributed by atoms with Crippen LogP contribution >= 0.6 is 0 Å². The van der Waals surface area contributed by atoms with E-state index in [2.05, 4.69) is 5.10 Å². The Hall–Kier alpha value is -0.830. The van der Waals surface area contributed by atoms with Crippen molar-refractivity contribution in [3.05, 3.63) is 18.0 Å². The molecule has 10 heavy (non-hydrogen) atoms. The quantitative estimate of drug-likeness (QED) is 0.595. The molecule has 0 aromatic carbocycles. The normalized spacial score (nSPS) is 23.1. The number of aliphatic hydroxyl groups excluding tert-OH is 1. The van der Waals surface area contributed by atoms with Crippen molar-refractivity contribution in [3.8, 4) is 0 Å². The van der Waals surface area contributed by atoms with E-state index in [1.165, 1.54) is 5.69 Å². The van der Waals surface area contributed by atoms with Gasteiger partial charge < -0.3 is 5.11 Å². The first-order valence-electron chi connectivity index (χ1n) is 3.51. The fourth-order valence-electron chi connectivity index (χ4n) is 1.43. The van der Waals surface area contributed by atoms with Crippen LogP contribution in [0, 0.1) is 5.92 Å². The zero-order valence-electron chi connectivity index (χ0n) is 5.70. The summed E-state index contributed by atoms with van der Waals surface area (Å²) in [4.78, 5) is 0. The number of hydrogen-bond donors (Lipinski definition) is 1. The van der Waals surface area contributed by atoms with Crippen LogP contribution in [-0.2, 0) is 13.0 Å². The minimum absolute atomic E-state index is 0.281. The van der Waals surface area contributed by atoms with Crippen molar-refractivity contribution in [1.29, 1.82) is 0 Å². The van der Waals surface area contributed by atoms with Gasteiger partial charge in [0.15, 0.2) is 0 Å².